The van der Waals surface area contributed by atoms with E-state index in [4.69, 9.17) is 15.3 Å². The highest BCUT2D eigenvalue weighted by Gasteiger charge is 2.27. The van der Waals surface area contributed by atoms with Gasteiger partial charge >= 0.3 is 0 Å². The normalized spacial score (nSPS) is 47.6. The summed E-state index contributed by atoms with van der Waals surface area (Å²) in [7, 11) is 0. The first-order valence-corrected chi connectivity index (χ1v) is 2.26. The highest BCUT2D eigenvalue weighted by Crippen LogP contribution is 1.94. The zero-order valence-corrected chi connectivity index (χ0v) is 4.07. The van der Waals surface area contributed by atoms with E-state index in [0.29, 0.717) is 0 Å². The van der Waals surface area contributed by atoms with Crippen LogP contribution in [0.1, 0.15) is 0 Å². The van der Waals surface area contributed by atoms with Crippen molar-refractivity contribution in [3.63, 3.8) is 0 Å². The van der Waals surface area contributed by atoms with E-state index in [1.54, 1.807) is 0 Å². The quantitative estimate of drug-likeness (QED) is 0.237. The zero-order valence-electron chi connectivity index (χ0n) is 4.07. The number of aliphatic hydroxyl groups excluding tert-OH is 3. The smallest absolute Gasteiger partial charge is 0.164 e. The summed E-state index contributed by atoms with van der Waals surface area (Å²) in [6, 6.07) is 0. The van der Waals surface area contributed by atoms with Gasteiger partial charge in [-0.25, -0.2) is 0 Å². The molecule has 0 radical (unpaired) electrons. The number of nitrogens with one attached hydrogen (secondary N) is 2. The summed E-state index contributed by atoms with van der Waals surface area (Å²) in [5.74, 6) is 0. The summed E-state index contributed by atoms with van der Waals surface area (Å²) in [4.78, 5) is 0. The minimum Gasteiger partial charge on any atom is -0.374 e. The van der Waals surface area contributed by atoms with Gasteiger partial charge in [-0.3, -0.25) is 10.6 Å². The summed E-state index contributed by atoms with van der Waals surface area (Å²) in [5, 5.41) is 30.1. The molecule has 0 aromatic rings. The van der Waals surface area contributed by atoms with Gasteiger partial charge in [-0.15, -0.1) is 0 Å². The Labute approximate surface area is 45.9 Å². The lowest BCUT2D eigenvalue weighted by atomic mass is 10.5. The third-order valence-corrected chi connectivity index (χ3v) is 0.956. The molecular formula is C3H8N2O3. The largest absolute Gasteiger partial charge is 0.374 e. The minimum absolute atomic E-state index is 1.00. The fraction of sp³-hybridized carbons (Fsp3) is 1.00. The molecule has 1 saturated heterocycles. The standard InChI is InChI=1S/C3H8N2O3/c6-1-2(7)5-3(8)4-1/h1-8H. The molecule has 5 heteroatoms. The van der Waals surface area contributed by atoms with Crippen LogP contribution in [0.3, 0.4) is 0 Å². The monoisotopic (exact) mass is 120 g/mol. The van der Waals surface area contributed by atoms with Crippen LogP contribution in [0.25, 0.3) is 0 Å². The third-order valence-electron chi connectivity index (χ3n) is 0.956. The van der Waals surface area contributed by atoms with E-state index in [1.165, 1.54) is 0 Å². The van der Waals surface area contributed by atoms with E-state index >= 15 is 0 Å². The maximum Gasteiger partial charge on any atom is 0.164 e. The Bertz CT molecular complexity index is 78.6. The first kappa shape index (κ1) is 5.93. The van der Waals surface area contributed by atoms with Gasteiger partial charge in [0.2, 0.25) is 0 Å². The Balaban J connectivity index is 2.39. The van der Waals surface area contributed by atoms with Crippen LogP contribution in [-0.2, 0) is 0 Å². The number of hydrogen-bond donors (Lipinski definition) is 5. The van der Waals surface area contributed by atoms with E-state index in [-0.39, 0.29) is 0 Å². The predicted molar refractivity (Wildman–Crippen MR) is 24.3 cm³/mol. The second kappa shape index (κ2) is 1.96. The summed E-state index contributed by atoms with van der Waals surface area (Å²) in [5.41, 5.74) is 0. The Hall–Kier alpha value is -0.200. The lowest BCUT2D eigenvalue weighted by Gasteiger charge is -2.02. The van der Waals surface area contributed by atoms with Crippen molar-refractivity contribution in [3.8, 4) is 0 Å². The maximum atomic E-state index is 8.58. The molecule has 48 valence electrons. The fourth-order valence-corrected chi connectivity index (χ4v) is 0.554. The SMILES string of the molecule is OC1NC(O)C(O)N1. The average molecular weight is 120 g/mol. The molecule has 0 aromatic heterocycles. The fourth-order valence-electron chi connectivity index (χ4n) is 0.554. The summed E-state index contributed by atoms with van der Waals surface area (Å²) < 4.78 is 0. The molecular weight excluding hydrogens is 112 g/mol. The Morgan fingerprint density at radius 2 is 1.25 bits per heavy atom. The van der Waals surface area contributed by atoms with E-state index in [2.05, 4.69) is 10.6 Å². The molecule has 2 unspecified atom stereocenters. The van der Waals surface area contributed by atoms with Gasteiger partial charge in [0.1, 0.15) is 12.5 Å². The topological polar surface area (TPSA) is 84.8 Å². The molecule has 0 aromatic carbocycles. The third kappa shape index (κ3) is 0.960. The molecule has 1 heterocycles. The van der Waals surface area contributed by atoms with E-state index in [1.807, 2.05) is 0 Å². The molecule has 1 aliphatic heterocycles. The van der Waals surface area contributed by atoms with Crippen LogP contribution in [0.15, 0.2) is 0 Å². The van der Waals surface area contributed by atoms with Gasteiger partial charge in [-0.05, 0) is 0 Å². The van der Waals surface area contributed by atoms with Crippen LogP contribution >= 0.6 is 0 Å². The Morgan fingerprint density at radius 3 is 1.38 bits per heavy atom. The molecule has 8 heavy (non-hydrogen) atoms. The molecule has 1 fully saturated rings. The second-order valence-electron chi connectivity index (χ2n) is 1.63. The lowest BCUT2D eigenvalue weighted by molar-refractivity contribution is 0.0215. The molecule has 1 rings (SSSR count). The summed E-state index contributed by atoms with van der Waals surface area (Å²) >= 11 is 0. The molecule has 5 nitrogen and oxygen atoms in total. The van der Waals surface area contributed by atoms with E-state index in [0.717, 1.165) is 0 Å². The van der Waals surface area contributed by atoms with Crippen LogP contribution in [-0.4, -0.2) is 34.1 Å². The molecule has 2 atom stereocenters. The van der Waals surface area contributed by atoms with Gasteiger partial charge in [-0.2, -0.15) is 0 Å². The molecule has 0 saturated carbocycles. The summed E-state index contributed by atoms with van der Waals surface area (Å²) in [6.45, 7) is 0. The Kier molecular flexibility index (Phi) is 1.45. The zero-order chi connectivity index (χ0) is 6.15. The van der Waals surface area contributed by atoms with Crippen molar-refractivity contribution in [3.05, 3.63) is 0 Å². The van der Waals surface area contributed by atoms with Gasteiger partial charge in [0, 0.05) is 0 Å². The molecule has 0 bridgehead atoms. The number of aliphatic hydroxyl groups is 3. The molecule has 0 aliphatic carbocycles. The van der Waals surface area contributed by atoms with Gasteiger partial charge in [-0.1, -0.05) is 0 Å². The average Bonchev–Trinajstić information content (AvgIpc) is 1.85. The van der Waals surface area contributed by atoms with Crippen LogP contribution in [0.4, 0.5) is 0 Å². The summed E-state index contributed by atoms with van der Waals surface area (Å²) in [6.07, 6.45) is -3.13. The highest BCUT2D eigenvalue weighted by molar-refractivity contribution is 4.72. The highest BCUT2D eigenvalue weighted by atomic mass is 16.4. The molecule has 5 N–H and O–H groups in total. The van der Waals surface area contributed by atoms with Crippen molar-refractivity contribution in [2.24, 2.45) is 0 Å². The van der Waals surface area contributed by atoms with Crippen molar-refractivity contribution < 1.29 is 15.3 Å². The van der Waals surface area contributed by atoms with Crippen molar-refractivity contribution >= 4 is 0 Å². The van der Waals surface area contributed by atoms with E-state index in [9.17, 15) is 0 Å². The predicted octanol–water partition coefficient (Wildman–Crippen LogP) is -2.91. The minimum atomic E-state index is -1.06. The number of hydrogen-bond acceptors (Lipinski definition) is 5. The molecule has 0 spiro atoms. The van der Waals surface area contributed by atoms with Crippen LogP contribution in [0.5, 0.6) is 0 Å². The van der Waals surface area contributed by atoms with Crippen molar-refractivity contribution in [1.29, 1.82) is 0 Å². The maximum absolute atomic E-state index is 8.58. The first-order chi connectivity index (χ1) is 3.70. The number of rotatable bonds is 0. The molecule has 0 amide bonds. The van der Waals surface area contributed by atoms with Gasteiger partial charge in [0.25, 0.3) is 0 Å². The lowest BCUT2D eigenvalue weighted by Crippen LogP contribution is -2.32. The second-order valence-corrected chi connectivity index (χ2v) is 1.63. The van der Waals surface area contributed by atoms with Gasteiger partial charge in [0.15, 0.2) is 6.35 Å². The first-order valence-electron chi connectivity index (χ1n) is 2.26. The van der Waals surface area contributed by atoms with Crippen molar-refractivity contribution in [2.75, 3.05) is 0 Å². The van der Waals surface area contributed by atoms with Crippen molar-refractivity contribution in [2.45, 2.75) is 18.8 Å². The van der Waals surface area contributed by atoms with Crippen LogP contribution in [0, 0.1) is 0 Å². The van der Waals surface area contributed by atoms with Crippen LogP contribution < -0.4 is 10.6 Å². The van der Waals surface area contributed by atoms with Crippen LogP contribution in [0.2, 0.25) is 0 Å². The molecule has 1 aliphatic rings. The van der Waals surface area contributed by atoms with Gasteiger partial charge in [0.05, 0.1) is 0 Å². The van der Waals surface area contributed by atoms with Crippen molar-refractivity contribution in [1.82, 2.24) is 10.6 Å². The Morgan fingerprint density at radius 1 is 0.875 bits per heavy atom. The van der Waals surface area contributed by atoms with Gasteiger partial charge < -0.3 is 15.3 Å². The van der Waals surface area contributed by atoms with E-state index < -0.39 is 18.8 Å².